The molecule has 0 N–H and O–H groups in total. The van der Waals surface area contributed by atoms with Crippen molar-refractivity contribution >= 4 is 28.4 Å². The topological polar surface area (TPSA) is 22.1 Å². The predicted octanol–water partition coefficient (Wildman–Crippen LogP) is 5.44. The molecular weight excluding hydrogens is 337 g/mol. The summed E-state index contributed by atoms with van der Waals surface area (Å²) in [5, 5.41) is 0. The molecule has 0 amide bonds. The zero-order valence-electron chi connectivity index (χ0n) is 11.7. The number of rotatable bonds is 3. The van der Waals surface area contributed by atoms with E-state index in [1.54, 1.807) is 6.20 Å². The van der Waals surface area contributed by atoms with Gasteiger partial charge in [0.25, 0.3) is 0 Å². The molecule has 0 aromatic carbocycles. The van der Waals surface area contributed by atoms with Gasteiger partial charge in [-0.25, -0.2) is 4.98 Å². The molecule has 1 aromatic rings. The Hall–Kier alpha value is 0.279. The number of hydrogen-bond acceptors (Lipinski definition) is 2. The van der Waals surface area contributed by atoms with Crippen LogP contribution in [0.25, 0.3) is 0 Å². The van der Waals surface area contributed by atoms with Gasteiger partial charge in [-0.3, -0.25) is 0 Å². The molecular formula is C13H22Cl2CrNOSi. The van der Waals surface area contributed by atoms with Crippen molar-refractivity contribution in [3.8, 4) is 5.88 Å². The molecule has 109 valence electrons. The van der Waals surface area contributed by atoms with E-state index >= 15 is 0 Å². The molecule has 19 heavy (non-hydrogen) atoms. The van der Waals surface area contributed by atoms with Crippen LogP contribution in [0.5, 0.6) is 5.88 Å². The van der Waals surface area contributed by atoms with Gasteiger partial charge in [-0.15, -0.1) is 0 Å². The second-order valence-electron chi connectivity index (χ2n) is 4.91. The average Bonchev–Trinajstić information content (AvgIpc) is 2.85. The first-order valence-corrected chi connectivity index (χ1v) is 12.6. The van der Waals surface area contributed by atoms with Crippen LogP contribution in [0.1, 0.15) is 25.7 Å². The Morgan fingerprint density at radius 3 is 2.32 bits per heavy atom. The first-order chi connectivity index (χ1) is 8.60. The van der Waals surface area contributed by atoms with Crippen LogP contribution in [-0.4, -0.2) is 13.3 Å². The van der Waals surface area contributed by atoms with E-state index in [0.717, 1.165) is 11.4 Å². The van der Waals surface area contributed by atoms with Gasteiger partial charge in [0.1, 0.15) is 0 Å². The van der Waals surface area contributed by atoms with Crippen molar-refractivity contribution in [2.75, 3.05) is 0 Å². The van der Waals surface area contributed by atoms with Crippen LogP contribution in [-0.2, 0) is 13.4 Å². The first-order valence-electron chi connectivity index (χ1n) is 6.09. The molecule has 0 aliphatic heterocycles. The molecule has 1 heterocycles. The molecule has 1 aliphatic carbocycles. The summed E-state index contributed by atoms with van der Waals surface area (Å²) >= 11 is -0.181. The van der Waals surface area contributed by atoms with Crippen molar-refractivity contribution in [2.45, 2.75) is 44.3 Å². The van der Waals surface area contributed by atoms with E-state index < -0.39 is 8.32 Å². The molecule has 0 bridgehead atoms. The summed E-state index contributed by atoms with van der Waals surface area (Å²) in [6.07, 6.45) is 7.27. The number of aromatic nitrogens is 1. The number of nitrogens with zero attached hydrogens (tertiary/aromatic N) is 1. The third kappa shape index (κ3) is 7.01. The second kappa shape index (κ2) is 10.1. The van der Waals surface area contributed by atoms with Gasteiger partial charge < -0.3 is 11.9 Å². The molecule has 2 rings (SSSR count). The number of hydrogen-bond donors (Lipinski definition) is 0. The zero-order valence-corrected chi connectivity index (χ0v) is 15.5. The Balaban J connectivity index is 0.000000742. The minimum absolute atomic E-state index is 0. The molecule has 0 spiro atoms. The Labute approximate surface area is 133 Å². The molecule has 1 saturated carbocycles. The van der Waals surface area contributed by atoms with Gasteiger partial charge in [0.15, 0.2) is 5.88 Å². The van der Waals surface area contributed by atoms with E-state index in [4.69, 9.17) is 24.5 Å². The molecule has 1 aliphatic rings. The molecule has 0 atom stereocenters. The Bertz CT molecular complexity index is 335. The van der Waals surface area contributed by atoms with Crippen molar-refractivity contribution < 1.29 is 17.8 Å². The molecule has 6 heteroatoms. The maximum absolute atomic E-state index is 6.11. The van der Waals surface area contributed by atoms with Crippen molar-refractivity contribution in [3.63, 3.8) is 0 Å². The average molecular weight is 359 g/mol. The summed E-state index contributed by atoms with van der Waals surface area (Å²) in [7, 11) is 8.08. The van der Waals surface area contributed by atoms with Gasteiger partial charge in [-0.1, -0.05) is 18.9 Å². The van der Waals surface area contributed by atoms with Gasteiger partial charge in [0, 0.05) is 6.20 Å². The van der Waals surface area contributed by atoms with Crippen LogP contribution >= 0.6 is 20.1 Å². The standard InChI is InChI=1S/C12H19NOSi.CH3.2ClH.Cr/c1-15(2,11-7-3-4-8-11)14-12-9-5-6-10-13-12;;;;/h5-6,9-11H,3-4,7-8H2,1-2H3;1H3;2*1H;/q;-1;;;+3/p-2. The van der Waals surface area contributed by atoms with E-state index in [1.807, 2.05) is 18.2 Å². The van der Waals surface area contributed by atoms with E-state index in [2.05, 4.69) is 18.1 Å². The van der Waals surface area contributed by atoms with E-state index in [9.17, 15) is 0 Å². The third-order valence-electron chi connectivity index (χ3n) is 3.34. The van der Waals surface area contributed by atoms with Crippen LogP contribution in [0.4, 0.5) is 0 Å². The van der Waals surface area contributed by atoms with Gasteiger partial charge in [0.2, 0.25) is 8.32 Å². The monoisotopic (exact) mass is 358 g/mol. The molecule has 0 unspecified atom stereocenters. The fourth-order valence-corrected chi connectivity index (χ4v) is 5.01. The van der Waals surface area contributed by atoms with Crippen molar-refractivity contribution in [3.05, 3.63) is 31.8 Å². The van der Waals surface area contributed by atoms with E-state index in [1.165, 1.54) is 25.7 Å². The Kier molecular flexibility index (Phi) is 10.2. The Morgan fingerprint density at radius 2 is 1.84 bits per heavy atom. The van der Waals surface area contributed by atoms with Crippen LogP contribution in [0, 0.1) is 7.43 Å². The summed E-state index contributed by atoms with van der Waals surface area (Å²) in [6, 6.07) is 5.88. The van der Waals surface area contributed by atoms with Crippen LogP contribution in [0.2, 0.25) is 18.6 Å². The summed E-state index contributed by atoms with van der Waals surface area (Å²) in [6.45, 7) is 4.63. The minimum atomic E-state index is -1.57. The second-order valence-corrected chi connectivity index (χ2v) is 11.2. The third-order valence-corrected chi connectivity index (χ3v) is 6.62. The van der Waals surface area contributed by atoms with E-state index in [0.29, 0.717) is 0 Å². The summed E-state index contributed by atoms with van der Waals surface area (Å²) in [4.78, 5) is 4.25. The fraction of sp³-hybridized carbons (Fsp3) is 0.538. The summed E-state index contributed by atoms with van der Waals surface area (Å²) in [5.41, 5.74) is 0.819. The molecule has 0 radical (unpaired) electrons. The predicted molar refractivity (Wildman–Crippen MR) is 82.7 cm³/mol. The molecule has 1 fully saturated rings. The first kappa shape index (κ1) is 19.3. The van der Waals surface area contributed by atoms with Gasteiger partial charge in [-0.2, -0.15) is 0 Å². The quantitative estimate of drug-likeness (QED) is 0.530. The normalized spacial score (nSPS) is 14.9. The van der Waals surface area contributed by atoms with Crippen LogP contribution < -0.4 is 4.43 Å². The SMILES string of the molecule is C[Si](C)(Oc1ccccn1)C1CCCC1.[CH3-].[Cl][Cr+][Cl]. The van der Waals surface area contributed by atoms with Crippen LogP contribution in [0.3, 0.4) is 0 Å². The van der Waals surface area contributed by atoms with Crippen molar-refractivity contribution in [2.24, 2.45) is 0 Å². The molecule has 0 saturated heterocycles. The molecule has 2 nitrogen and oxygen atoms in total. The summed E-state index contributed by atoms with van der Waals surface area (Å²) in [5.74, 6) is 0.807. The van der Waals surface area contributed by atoms with Gasteiger partial charge in [0.05, 0.1) is 0 Å². The van der Waals surface area contributed by atoms with Crippen molar-refractivity contribution in [1.82, 2.24) is 4.98 Å². The fourth-order valence-electron chi connectivity index (χ4n) is 2.38. The zero-order chi connectivity index (χ0) is 13.4. The van der Waals surface area contributed by atoms with E-state index in [-0.39, 0.29) is 20.8 Å². The van der Waals surface area contributed by atoms with Gasteiger partial charge >= 0.3 is 33.5 Å². The van der Waals surface area contributed by atoms with Crippen LogP contribution in [0.15, 0.2) is 24.4 Å². The maximum atomic E-state index is 6.11. The molecule has 1 aromatic heterocycles. The van der Waals surface area contributed by atoms with Gasteiger partial charge in [-0.05, 0) is 43.6 Å². The van der Waals surface area contributed by atoms with Crippen molar-refractivity contribution in [1.29, 1.82) is 0 Å². The number of pyridine rings is 1. The Morgan fingerprint density at radius 1 is 1.26 bits per heavy atom. The summed E-state index contributed by atoms with van der Waals surface area (Å²) < 4.78 is 6.11. The number of halogens is 2.